The van der Waals surface area contributed by atoms with Gasteiger partial charge in [0.15, 0.2) is 0 Å². The fraction of sp³-hybridized carbons (Fsp3) is 0.500. The van der Waals surface area contributed by atoms with Gasteiger partial charge >= 0.3 is 0 Å². The van der Waals surface area contributed by atoms with E-state index in [9.17, 15) is 9.59 Å². The van der Waals surface area contributed by atoms with Crippen LogP contribution in [0, 0.1) is 18.7 Å². The molecule has 1 aliphatic carbocycles. The average molecular weight is 632 g/mol. The van der Waals surface area contributed by atoms with Gasteiger partial charge in [-0.25, -0.2) is 9.37 Å². The van der Waals surface area contributed by atoms with E-state index in [1.54, 1.807) is 38.3 Å². The van der Waals surface area contributed by atoms with Gasteiger partial charge in [-0.1, -0.05) is 38.1 Å². The van der Waals surface area contributed by atoms with Crippen molar-refractivity contribution in [2.45, 2.75) is 77.5 Å². The normalized spacial score (nSPS) is 19.3. The van der Waals surface area contributed by atoms with E-state index in [0.29, 0.717) is 49.2 Å². The smallest absolute Gasteiger partial charge is 0.244 e. The maximum Gasteiger partial charge on any atom is 0.244 e. The van der Waals surface area contributed by atoms with Gasteiger partial charge in [0.25, 0.3) is 0 Å². The molecule has 0 unspecified atom stereocenters. The van der Waals surface area contributed by atoms with Crippen LogP contribution in [0.25, 0.3) is 11.3 Å². The van der Waals surface area contributed by atoms with Gasteiger partial charge in [-0.15, -0.1) is 0 Å². The van der Waals surface area contributed by atoms with Crippen molar-refractivity contribution >= 4 is 11.8 Å². The summed E-state index contributed by atoms with van der Waals surface area (Å²) in [5, 5.41) is 3.08. The molecule has 1 saturated carbocycles. The van der Waals surface area contributed by atoms with Gasteiger partial charge in [-0.2, -0.15) is 0 Å². The van der Waals surface area contributed by atoms with Crippen molar-refractivity contribution in [3.05, 3.63) is 76.9 Å². The highest BCUT2D eigenvalue weighted by molar-refractivity contribution is 5.89. The summed E-state index contributed by atoms with van der Waals surface area (Å²) in [6.07, 6.45) is 4.49. The zero-order chi connectivity index (χ0) is 33.0. The lowest BCUT2D eigenvalue weighted by molar-refractivity contribution is -0.151. The molecule has 246 valence electrons. The zero-order valence-electron chi connectivity index (χ0n) is 27.8. The van der Waals surface area contributed by atoms with Crippen LogP contribution in [0.15, 0.2) is 48.7 Å². The van der Waals surface area contributed by atoms with E-state index in [2.05, 4.69) is 26.3 Å². The van der Waals surface area contributed by atoms with E-state index in [1.165, 1.54) is 18.4 Å². The first-order chi connectivity index (χ1) is 22.1. The molecule has 0 bridgehead atoms. The molecule has 10 heteroatoms. The molecule has 0 radical (unpaired) electrons. The second-order valence-electron chi connectivity index (χ2n) is 12.9. The predicted octanol–water partition coefficient (Wildman–Crippen LogP) is 5.43. The van der Waals surface area contributed by atoms with Crippen molar-refractivity contribution in [1.29, 1.82) is 0 Å². The van der Waals surface area contributed by atoms with Gasteiger partial charge < -0.3 is 19.7 Å². The van der Waals surface area contributed by atoms with Crippen LogP contribution in [0.5, 0.6) is 5.88 Å². The Morgan fingerprint density at radius 3 is 2.48 bits per heavy atom. The van der Waals surface area contributed by atoms with Gasteiger partial charge in [0.1, 0.15) is 11.9 Å². The highest BCUT2D eigenvalue weighted by Gasteiger charge is 2.42. The number of aromatic nitrogens is 2. The predicted molar refractivity (Wildman–Crippen MR) is 175 cm³/mol. The van der Waals surface area contributed by atoms with Crippen LogP contribution in [0.4, 0.5) is 4.39 Å². The Bertz CT molecular complexity index is 1530. The number of methoxy groups -OCH3 is 2. The summed E-state index contributed by atoms with van der Waals surface area (Å²) < 4.78 is 26.2. The van der Waals surface area contributed by atoms with E-state index in [-0.39, 0.29) is 36.1 Å². The number of aryl methyl sites for hydroxylation is 1. The second kappa shape index (κ2) is 14.7. The van der Waals surface area contributed by atoms with Crippen LogP contribution >= 0.6 is 0 Å². The molecule has 3 atom stereocenters. The third-order valence-corrected chi connectivity index (χ3v) is 9.03. The third-order valence-electron chi connectivity index (χ3n) is 9.03. The van der Waals surface area contributed by atoms with Crippen LogP contribution in [0.1, 0.15) is 74.4 Å². The number of carbonyl (C=O) groups excluding carboxylic acids is 2. The minimum atomic E-state index is -0.752. The van der Waals surface area contributed by atoms with Gasteiger partial charge in [0, 0.05) is 63.1 Å². The minimum Gasteiger partial charge on any atom is -0.481 e. The topological polar surface area (TPSA) is 96.9 Å². The summed E-state index contributed by atoms with van der Waals surface area (Å²) >= 11 is 0. The molecule has 9 nitrogen and oxygen atoms in total. The van der Waals surface area contributed by atoms with Crippen LogP contribution in [0.3, 0.4) is 0 Å². The molecule has 3 aromatic rings. The summed E-state index contributed by atoms with van der Waals surface area (Å²) in [6.45, 7) is 8.78. The fourth-order valence-electron chi connectivity index (χ4n) is 6.30. The average Bonchev–Trinajstić information content (AvgIpc) is 3.91. The van der Waals surface area contributed by atoms with Crippen molar-refractivity contribution in [2.75, 3.05) is 33.9 Å². The number of rotatable bonds is 12. The quantitative estimate of drug-likeness (QED) is 0.285. The first kappa shape index (κ1) is 33.5. The number of piperazine rings is 1. The largest absolute Gasteiger partial charge is 0.481 e. The Kier molecular flexibility index (Phi) is 10.7. The molecule has 2 amide bonds. The zero-order valence-corrected chi connectivity index (χ0v) is 27.8. The van der Waals surface area contributed by atoms with Crippen molar-refractivity contribution in [1.82, 2.24) is 25.1 Å². The Balaban J connectivity index is 1.34. The SMILES string of the molecule is COCC[C@H](c1nccc(C)c1F)N1C[C@@H](C)N(C(=O)C(C)C)[C@@H](C(=O)NCc2ccc(-c3cc(C4CC4)cc(OC)n3)cc2)C1. The molecular weight excluding hydrogens is 585 g/mol. The highest BCUT2D eigenvalue weighted by atomic mass is 19.1. The molecule has 1 aromatic carbocycles. The number of nitrogens with zero attached hydrogens (tertiary/aromatic N) is 4. The molecule has 46 heavy (non-hydrogen) atoms. The molecule has 2 aromatic heterocycles. The molecule has 1 N–H and O–H groups in total. The number of ether oxygens (including phenoxy) is 2. The number of amides is 2. The lowest BCUT2D eigenvalue weighted by Gasteiger charge is -2.47. The molecule has 1 aliphatic heterocycles. The van der Waals surface area contributed by atoms with Crippen molar-refractivity contribution < 1.29 is 23.5 Å². The van der Waals surface area contributed by atoms with Crippen molar-refractivity contribution in [2.24, 2.45) is 5.92 Å². The fourth-order valence-corrected chi connectivity index (χ4v) is 6.30. The molecule has 3 heterocycles. The van der Waals surface area contributed by atoms with E-state index in [0.717, 1.165) is 16.8 Å². The van der Waals surface area contributed by atoms with Gasteiger partial charge in [-0.3, -0.25) is 19.5 Å². The van der Waals surface area contributed by atoms with Gasteiger partial charge in [0.2, 0.25) is 17.7 Å². The summed E-state index contributed by atoms with van der Waals surface area (Å²) in [4.78, 5) is 40.2. The van der Waals surface area contributed by atoms with Crippen LogP contribution < -0.4 is 10.1 Å². The van der Waals surface area contributed by atoms with E-state index >= 15 is 4.39 Å². The molecular formula is C36H46FN5O4. The number of hydrogen-bond donors (Lipinski definition) is 1. The monoisotopic (exact) mass is 631 g/mol. The Hall–Kier alpha value is -3.89. The number of carbonyl (C=O) groups is 2. The maximum atomic E-state index is 15.4. The van der Waals surface area contributed by atoms with Crippen molar-refractivity contribution in [3.8, 4) is 17.1 Å². The first-order valence-electron chi connectivity index (χ1n) is 16.2. The van der Waals surface area contributed by atoms with Crippen molar-refractivity contribution in [3.63, 3.8) is 0 Å². The van der Waals surface area contributed by atoms with Gasteiger partial charge in [-0.05, 0) is 67.9 Å². The molecule has 2 aliphatic rings. The standard InChI is InChI=1S/C36H46FN5O4/c1-22(2)36(44)42-24(4)20-41(30(14-16-45-5)34-33(37)23(3)13-15-38-34)21-31(42)35(43)39-19-25-7-9-27(10-8-25)29-17-28(26-11-12-26)18-32(40-29)46-6/h7-10,13,15,17-18,22,24,26,30-31H,11-12,14,16,19-21H2,1-6H3,(H,39,43)/t24-,30-,31-/m1/s1. The first-order valence-corrected chi connectivity index (χ1v) is 16.2. The number of pyridine rings is 2. The van der Waals surface area contributed by atoms with E-state index in [1.807, 2.05) is 51.1 Å². The van der Waals surface area contributed by atoms with E-state index in [4.69, 9.17) is 9.47 Å². The van der Waals surface area contributed by atoms with Crippen LogP contribution in [0.2, 0.25) is 0 Å². The van der Waals surface area contributed by atoms with E-state index < -0.39 is 12.1 Å². The number of halogens is 1. The highest BCUT2D eigenvalue weighted by Crippen LogP contribution is 2.42. The summed E-state index contributed by atoms with van der Waals surface area (Å²) in [6, 6.07) is 12.3. The molecule has 2 fully saturated rings. The Morgan fingerprint density at radius 1 is 1.09 bits per heavy atom. The Morgan fingerprint density at radius 2 is 1.83 bits per heavy atom. The lowest BCUT2D eigenvalue weighted by atomic mass is 9.97. The summed E-state index contributed by atoms with van der Waals surface area (Å²) in [5.74, 6) is 0.227. The Labute approximate surface area is 271 Å². The number of benzene rings is 1. The minimum absolute atomic E-state index is 0.0821. The van der Waals surface area contributed by atoms with Crippen LogP contribution in [-0.2, 0) is 20.9 Å². The number of hydrogen-bond acceptors (Lipinski definition) is 7. The molecule has 0 spiro atoms. The summed E-state index contributed by atoms with van der Waals surface area (Å²) in [7, 11) is 3.24. The van der Waals surface area contributed by atoms with Gasteiger partial charge in [0.05, 0.1) is 24.5 Å². The second-order valence-corrected chi connectivity index (χ2v) is 12.9. The maximum absolute atomic E-state index is 15.4. The molecule has 1 saturated heterocycles. The lowest BCUT2D eigenvalue weighted by Crippen LogP contribution is -2.65. The number of nitrogens with one attached hydrogen (secondary N) is 1. The van der Waals surface area contributed by atoms with Crippen LogP contribution in [-0.4, -0.2) is 77.6 Å². The summed E-state index contributed by atoms with van der Waals surface area (Å²) in [5.41, 5.74) is 4.86. The third kappa shape index (κ3) is 7.56. The molecule has 5 rings (SSSR count).